The van der Waals surface area contributed by atoms with Crippen LogP contribution in [0.2, 0.25) is 0 Å². The Balaban J connectivity index is 2.99. The second kappa shape index (κ2) is 2.85. The van der Waals surface area contributed by atoms with Crippen molar-refractivity contribution in [1.29, 1.82) is 0 Å². The maximum Gasteiger partial charge on any atom is 0.417 e. The van der Waals surface area contributed by atoms with Crippen molar-refractivity contribution in [2.45, 2.75) is 6.18 Å². The molecule has 0 nitrogen and oxygen atoms in total. The molecular weight excluding hydrogens is 221 g/mol. The second-order valence-corrected chi connectivity index (χ2v) is 2.83. The molecule has 1 aromatic carbocycles. The first kappa shape index (κ1) is 8.59. The van der Waals surface area contributed by atoms with E-state index in [9.17, 15) is 13.2 Å². The standard InChI is InChI=1S/C7H3BrF3/c8-6-3-1-5(2-4-6)7(9,10)11/h1,3-4H. The van der Waals surface area contributed by atoms with Gasteiger partial charge in [-0.25, -0.2) is 0 Å². The van der Waals surface area contributed by atoms with Gasteiger partial charge in [0.15, 0.2) is 0 Å². The summed E-state index contributed by atoms with van der Waals surface area (Å²) in [4.78, 5) is 0. The molecule has 0 aromatic heterocycles. The second-order valence-electron chi connectivity index (χ2n) is 1.92. The Bertz CT molecular complexity index is 237. The van der Waals surface area contributed by atoms with E-state index in [-0.39, 0.29) is 0 Å². The van der Waals surface area contributed by atoms with Crippen molar-refractivity contribution in [2.24, 2.45) is 0 Å². The van der Waals surface area contributed by atoms with E-state index >= 15 is 0 Å². The van der Waals surface area contributed by atoms with Gasteiger partial charge in [-0.2, -0.15) is 13.2 Å². The van der Waals surface area contributed by atoms with Crippen molar-refractivity contribution < 1.29 is 13.2 Å². The predicted octanol–water partition coefficient (Wildman–Crippen LogP) is 3.27. The molecule has 0 saturated carbocycles. The van der Waals surface area contributed by atoms with Crippen LogP contribution in [-0.4, -0.2) is 0 Å². The first-order chi connectivity index (χ1) is 5.00. The molecule has 11 heavy (non-hydrogen) atoms. The summed E-state index contributed by atoms with van der Waals surface area (Å²) in [7, 11) is 0. The lowest BCUT2D eigenvalue weighted by atomic mass is 10.2. The molecule has 0 saturated heterocycles. The molecule has 0 unspecified atom stereocenters. The topological polar surface area (TPSA) is 0 Å². The monoisotopic (exact) mass is 223 g/mol. The fourth-order valence-electron chi connectivity index (χ4n) is 0.582. The summed E-state index contributed by atoms with van der Waals surface area (Å²) in [6, 6.07) is 5.65. The average molecular weight is 224 g/mol. The fourth-order valence-corrected chi connectivity index (χ4v) is 0.829. The van der Waals surface area contributed by atoms with Gasteiger partial charge in [0, 0.05) is 4.47 Å². The third-order valence-electron chi connectivity index (χ3n) is 1.08. The van der Waals surface area contributed by atoms with Crippen LogP contribution in [0.25, 0.3) is 0 Å². The van der Waals surface area contributed by atoms with E-state index in [4.69, 9.17) is 0 Å². The van der Waals surface area contributed by atoms with Crippen LogP contribution in [0.1, 0.15) is 5.56 Å². The van der Waals surface area contributed by atoms with Crippen LogP contribution in [-0.2, 0) is 6.18 Å². The molecule has 0 bridgehead atoms. The van der Waals surface area contributed by atoms with Gasteiger partial charge in [0.05, 0.1) is 5.56 Å². The Morgan fingerprint density at radius 3 is 2.27 bits per heavy atom. The molecule has 0 N–H and O–H groups in total. The third-order valence-corrected chi connectivity index (χ3v) is 1.57. The van der Waals surface area contributed by atoms with Crippen LogP contribution in [0, 0.1) is 6.07 Å². The summed E-state index contributed by atoms with van der Waals surface area (Å²) < 4.78 is 36.2. The van der Waals surface area contributed by atoms with Gasteiger partial charge in [0.1, 0.15) is 0 Å². The Labute approximate surface area is 70.2 Å². The Morgan fingerprint density at radius 2 is 1.91 bits per heavy atom. The average Bonchev–Trinajstić information content (AvgIpc) is 1.86. The lowest BCUT2D eigenvalue weighted by Crippen LogP contribution is -2.04. The quantitative estimate of drug-likeness (QED) is 0.634. The predicted molar refractivity (Wildman–Crippen MR) is 38.0 cm³/mol. The molecule has 0 fully saturated rings. The maximum atomic E-state index is 11.9. The van der Waals surface area contributed by atoms with Crippen LogP contribution in [0.5, 0.6) is 0 Å². The zero-order chi connectivity index (χ0) is 8.48. The summed E-state index contributed by atoms with van der Waals surface area (Å²) in [5.41, 5.74) is -0.749. The van der Waals surface area contributed by atoms with Crippen molar-refractivity contribution in [3.05, 3.63) is 34.3 Å². The van der Waals surface area contributed by atoms with E-state index in [1.165, 1.54) is 12.1 Å². The van der Waals surface area contributed by atoms with Gasteiger partial charge >= 0.3 is 6.18 Å². The largest absolute Gasteiger partial charge is 0.417 e. The van der Waals surface area contributed by atoms with Gasteiger partial charge in [0.2, 0.25) is 0 Å². The van der Waals surface area contributed by atoms with Crippen molar-refractivity contribution in [1.82, 2.24) is 0 Å². The lowest BCUT2D eigenvalue weighted by molar-refractivity contribution is -0.137. The van der Waals surface area contributed by atoms with E-state index in [1.54, 1.807) is 0 Å². The summed E-state index contributed by atoms with van der Waals surface area (Å²) in [5, 5.41) is 0. The van der Waals surface area contributed by atoms with E-state index < -0.39 is 11.7 Å². The van der Waals surface area contributed by atoms with Gasteiger partial charge in [-0.1, -0.05) is 15.9 Å². The van der Waals surface area contributed by atoms with Crippen molar-refractivity contribution >= 4 is 15.9 Å². The molecule has 1 radical (unpaired) electrons. The van der Waals surface area contributed by atoms with Crippen LogP contribution in [0.15, 0.2) is 22.7 Å². The van der Waals surface area contributed by atoms with Gasteiger partial charge in [0.25, 0.3) is 0 Å². The zero-order valence-electron chi connectivity index (χ0n) is 5.24. The first-order valence-electron chi connectivity index (χ1n) is 2.74. The van der Waals surface area contributed by atoms with Crippen molar-refractivity contribution in [3.63, 3.8) is 0 Å². The highest BCUT2D eigenvalue weighted by Crippen LogP contribution is 2.29. The SMILES string of the molecule is FC(F)(F)c1[c]cc(Br)cc1. The molecule has 0 amide bonds. The first-order valence-corrected chi connectivity index (χ1v) is 3.54. The molecular formula is C7H3BrF3. The minimum Gasteiger partial charge on any atom is -0.166 e. The molecule has 0 atom stereocenters. The summed E-state index contributed by atoms with van der Waals surface area (Å²) in [6.45, 7) is 0. The smallest absolute Gasteiger partial charge is 0.166 e. The van der Waals surface area contributed by atoms with Crippen molar-refractivity contribution in [2.75, 3.05) is 0 Å². The Hall–Kier alpha value is -0.510. The highest BCUT2D eigenvalue weighted by atomic mass is 79.9. The molecule has 4 heteroatoms. The molecule has 0 heterocycles. The minimum atomic E-state index is -4.29. The summed E-state index contributed by atoms with van der Waals surface area (Å²) in [5.74, 6) is 0. The van der Waals surface area contributed by atoms with Gasteiger partial charge in [-0.15, -0.1) is 0 Å². The molecule has 0 aliphatic carbocycles. The van der Waals surface area contributed by atoms with Gasteiger partial charge in [-0.05, 0) is 24.3 Å². The van der Waals surface area contributed by atoms with Crippen LogP contribution < -0.4 is 0 Å². The number of alkyl halides is 3. The number of hydrogen-bond acceptors (Lipinski definition) is 0. The Morgan fingerprint density at radius 1 is 1.27 bits per heavy atom. The van der Waals surface area contributed by atoms with Crippen LogP contribution in [0.4, 0.5) is 13.2 Å². The van der Waals surface area contributed by atoms with E-state index in [0.29, 0.717) is 4.47 Å². The highest BCUT2D eigenvalue weighted by Gasteiger charge is 2.30. The number of benzene rings is 1. The Kier molecular flexibility index (Phi) is 2.23. The minimum absolute atomic E-state index is 0.588. The molecule has 0 aliphatic rings. The van der Waals surface area contributed by atoms with E-state index in [2.05, 4.69) is 22.0 Å². The molecule has 1 aromatic rings. The maximum absolute atomic E-state index is 11.9. The summed E-state index contributed by atoms with van der Waals surface area (Å²) in [6.07, 6.45) is -4.29. The number of halogens is 4. The normalized spacial score (nSPS) is 11.6. The molecule has 1 rings (SSSR count). The third kappa shape index (κ3) is 2.22. The van der Waals surface area contributed by atoms with Crippen molar-refractivity contribution in [3.8, 4) is 0 Å². The number of rotatable bonds is 0. The van der Waals surface area contributed by atoms with Crippen LogP contribution >= 0.6 is 15.9 Å². The zero-order valence-corrected chi connectivity index (χ0v) is 6.83. The molecule has 0 spiro atoms. The fraction of sp³-hybridized carbons (Fsp3) is 0.143. The van der Waals surface area contributed by atoms with Gasteiger partial charge in [-0.3, -0.25) is 0 Å². The van der Waals surface area contributed by atoms with Gasteiger partial charge < -0.3 is 0 Å². The van der Waals surface area contributed by atoms with E-state index in [0.717, 1.165) is 6.07 Å². The summed E-state index contributed by atoms with van der Waals surface area (Å²) >= 11 is 3.01. The molecule has 59 valence electrons. The lowest BCUT2D eigenvalue weighted by Gasteiger charge is -2.04. The number of hydrogen-bond donors (Lipinski definition) is 0. The van der Waals surface area contributed by atoms with Crippen LogP contribution in [0.3, 0.4) is 0 Å². The molecule has 0 aliphatic heterocycles. The van der Waals surface area contributed by atoms with E-state index in [1.807, 2.05) is 0 Å². The highest BCUT2D eigenvalue weighted by molar-refractivity contribution is 9.10.